The molecule has 0 bridgehead atoms. The molecule has 3 heteroatoms. The average Bonchev–Trinajstić information content (AvgIpc) is 2.46. The number of hydrogen-bond donors (Lipinski definition) is 0. The van der Waals surface area contributed by atoms with Crippen molar-refractivity contribution in [2.24, 2.45) is 15.2 Å². The molecule has 0 saturated heterocycles. The molecule has 0 aromatic heterocycles. The lowest BCUT2D eigenvalue weighted by Gasteiger charge is -2.32. The van der Waals surface area contributed by atoms with E-state index in [1.54, 1.807) is 18.2 Å². The first kappa shape index (κ1) is 17.1. The van der Waals surface area contributed by atoms with E-state index in [0.717, 1.165) is 11.5 Å². The molecule has 0 atom stereocenters. The summed E-state index contributed by atoms with van der Waals surface area (Å²) in [6.07, 6.45) is 9.06. The quantitative estimate of drug-likeness (QED) is 0.566. The van der Waals surface area contributed by atoms with Crippen LogP contribution < -0.4 is 0 Å². The van der Waals surface area contributed by atoms with E-state index >= 15 is 0 Å². The van der Waals surface area contributed by atoms with Gasteiger partial charge in [-0.15, -0.1) is 0 Å². The summed E-state index contributed by atoms with van der Waals surface area (Å²) < 4.78 is 17.6. The third kappa shape index (κ3) is 3.72. The zero-order valence-corrected chi connectivity index (χ0v) is 15.4. The van der Waals surface area contributed by atoms with Gasteiger partial charge in [-0.2, -0.15) is 0 Å². The highest BCUT2D eigenvalue weighted by atomic mass is 32.2. The van der Waals surface area contributed by atoms with Crippen molar-refractivity contribution in [1.82, 2.24) is 0 Å². The van der Waals surface area contributed by atoms with Gasteiger partial charge in [0.25, 0.3) is 0 Å². The van der Waals surface area contributed by atoms with Gasteiger partial charge in [0.15, 0.2) is 0 Å². The van der Waals surface area contributed by atoms with Crippen LogP contribution in [-0.2, 0) is 9.73 Å². The fourth-order valence-electron chi connectivity index (χ4n) is 4.41. The summed E-state index contributed by atoms with van der Waals surface area (Å²) >= 11 is 0. The Morgan fingerprint density at radius 1 is 0.810 bits per heavy atom. The lowest BCUT2D eigenvalue weighted by molar-refractivity contribution is 0.437. The van der Waals surface area contributed by atoms with Crippen molar-refractivity contribution in [3.05, 3.63) is 11.1 Å². The number of hydrogen-bond acceptors (Lipinski definition) is 2. The maximum absolute atomic E-state index is 13.2. The van der Waals surface area contributed by atoms with E-state index in [9.17, 15) is 4.21 Å². The first-order valence-corrected chi connectivity index (χ1v) is 10.4. The van der Waals surface area contributed by atoms with Crippen molar-refractivity contribution in [1.29, 1.82) is 0 Å². The molecule has 2 rings (SSSR count). The van der Waals surface area contributed by atoms with Gasteiger partial charge in [-0.1, -0.05) is 58.1 Å². The predicted molar refractivity (Wildman–Crippen MR) is 93.1 cm³/mol. The van der Waals surface area contributed by atoms with Crippen molar-refractivity contribution < 1.29 is 4.21 Å². The van der Waals surface area contributed by atoms with Crippen molar-refractivity contribution in [2.45, 2.75) is 72.6 Å². The molecule has 21 heavy (non-hydrogen) atoms. The van der Waals surface area contributed by atoms with Crippen molar-refractivity contribution in [3.8, 4) is 0 Å². The number of nitrogens with zero attached hydrogens (tertiary/aromatic N) is 1. The molecule has 0 fully saturated rings. The van der Waals surface area contributed by atoms with Gasteiger partial charge in [0.2, 0.25) is 0 Å². The standard InChI is InChI=1S/C18H33NOS/c1-17(2)13-21(20,19-5)14-18(3,4)16-12-10-8-6-7-9-11-15(16)17/h6-14H2,1-5H3. The van der Waals surface area contributed by atoms with E-state index in [4.69, 9.17) is 0 Å². The van der Waals surface area contributed by atoms with E-state index in [-0.39, 0.29) is 10.8 Å². The Labute approximate surface area is 132 Å². The summed E-state index contributed by atoms with van der Waals surface area (Å²) in [5.41, 5.74) is 3.29. The molecule has 0 spiro atoms. The second-order valence-corrected chi connectivity index (χ2v) is 10.7. The average molecular weight is 312 g/mol. The van der Waals surface area contributed by atoms with Gasteiger partial charge >= 0.3 is 0 Å². The topological polar surface area (TPSA) is 29.4 Å². The molecule has 0 N–H and O–H groups in total. The maximum Gasteiger partial charge on any atom is 0.0481 e. The summed E-state index contributed by atoms with van der Waals surface area (Å²) in [5.74, 6) is 1.47. The monoisotopic (exact) mass is 311 g/mol. The fraction of sp³-hybridized carbons (Fsp3) is 0.889. The Bertz CT molecular complexity index is 495. The van der Waals surface area contributed by atoms with Gasteiger partial charge in [-0.25, -0.2) is 8.57 Å². The second-order valence-electron chi connectivity index (χ2n) is 8.24. The zero-order valence-electron chi connectivity index (χ0n) is 14.6. The SMILES string of the molecule is CN=S1(=O)CC(C)(C)C2=C(CCCCCCC2)C(C)(C)C1. The minimum Gasteiger partial charge on any atom is -0.250 e. The van der Waals surface area contributed by atoms with E-state index in [1.807, 2.05) is 0 Å². The first-order chi connectivity index (χ1) is 9.70. The molecule has 2 nitrogen and oxygen atoms in total. The van der Waals surface area contributed by atoms with Crippen LogP contribution in [0.1, 0.15) is 72.6 Å². The van der Waals surface area contributed by atoms with Crippen LogP contribution in [0.15, 0.2) is 15.5 Å². The Hall–Kier alpha value is -0.310. The number of allylic oxidation sites excluding steroid dienone is 2. The normalized spacial score (nSPS) is 28.6. The van der Waals surface area contributed by atoms with Crippen molar-refractivity contribution >= 4 is 9.73 Å². The van der Waals surface area contributed by atoms with Gasteiger partial charge in [-0.05, 0) is 36.5 Å². The van der Waals surface area contributed by atoms with E-state index < -0.39 is 9.73 Å². The van der Waals surface area contributed by atoms with E-state index in [2.05, 4.69) is 32.1 Å². The van der Waals surface area contributed by atoms with Crippen LogP contribution in [0.3, 0.4) is 0 Å². The van der Waals surface area contributed by atoms with Crippen LogP contribution in [0.2, 0.25) is 0 Å². The van der Waals surface area contributed by atoms with E-state index in [1.165, 1.54) is 44.9 Å². The highest BCUT2D eigenvalue weighted by Crippen LogP contribution is 2.47. The lowest BCUT2D eigenvalue weighted by atomic mass is 9.72. The molecule has 1 aliphatic heterocycles. The second kappa shape index (κ2) is 6.06. The molecule has 0 saturated carbocycles. The van der Waals surface area contributed by atoms with Gasteiger partial charge < -0.3 is 0 Å². The van der Waals surface area contributed by atoms with E-state index in [0.29, 0.717) is 0 Å². The largest absolute Gasteiger partial charge is 0.250 e. The molecule has 0 aromatic carbocycles. The van der Waals surface area contributed by atoms with Gasteiger partial charge in [0.05, 0.1) is 0 Å². The minimum atomic E-state index is -2.09. The summed E-state index contributed by atoms with van der Waals surface area (Å²) in [5, 5.41) is 0. The molecule has 2 aliphatic rings. The molecule has 0 radical (unpaired) electrons. The Balaban J connectivity index is 2.55. The van der Waals surface area contributed by atoms with Crippen LogP contribution >= 0.6 is 0 Å². The van der Waals surface area contributed by atoms with Crippen molar-refractivity contribution in [3.63, 3.8) is 0 Å². The Morgan fingerprint density at radius 3 is 1.57 bits per heavy atom. The van der Waals surface area contributed by atoms with Crippen LogP contribution in [0.4, 0.5) is 0 Å². The van der Waals surface area contributed by atoms with Crippen LogP contribution in [0.5, 0.6) is 0 Å². The first-order valence-electron chi connectivity index (χ1n) is 8.54. The highest BCUT2D eigenvalue weighted by Gasteiger charge is 2.41. The molecule has 122 valence electrons. The molecule has 0 unspecified atom stereocenters. The molecular formula is C18H33NOS. The van der Waals surface area contributed by atoms with Gasteiger partial charge in [-0.3, -0.25) is 0 Å². The lowest BCUT2D eigenvalue weighted by Crippen LogP contribution is -2.27. The third-order valence-electron chi connectivity index (χ3n) is 5.36. The third-order valence-corrected chi connectivity index (χ3v) is 8.37. The highest BCUT2D eigenvalue weighted by molar-refractivity contribution is 7.93. The van der Waals surface area contributed by atoms with Crippen molar-refractivity contribution in [2.75, 3.05) is 18.6 Å². The van der Waals surface area contributed by atoms with Gasteiger partial charge in [0.1, 0.15) is 0 Å². The summed E-state index contributed by atoms with van der Waals surface area (Å²) in [6.45, 7) is 9.19. The minimum absolute atomic E-state index is 0.0318. The summed E-state index contributed by atoms with van der Waals surface area (Å²) in [6, 6.07) is 0. The molecule has 1 aliphatic carbocycles. The zero-order chi connectivity index (χ0) is 15.7. The van der Waals surface area contributed by atoms with Crippen LogP contribution in [0.25, 0.3) is 0 Å². The Morgan fingerprint density at radius 2 is 1.19 bits per heavy atom. The molecule has 1 heterocycles. The van der Waals surface area contributed by atoms with Crippen LogP contribution in [-0.4, -0.2) is 22.8 Å². The maximum atomic E-state index is 13.2. The molecule has 0 aromatic rings. The predicted octanol–water partition coefficient (Wildman–Crippen LogP) is 5.19. The molecule has 0 amide bonds. The van der Waals surface area contributed by atoms with Gasteiger partial charge in [0, 0.05) is 28.3 Å². The summed E-state index contributed by atoms with van der Waals surface area (Å²) in [7, 11) is -0.335. The summed E-state index contributed by atoms with van der Waals surface area (Å²) in [4.78, 5) is 0. The fourth-order valence-corrected chi connectivity index (χ4v) is 7.38. The molecular weight excluding hydrogens is 278 g/mol. The Kier molecular flexibility index (Phi) is 4.92. The number of rotatable bonds is 0. The van der Waals surface area contributed by atoms with Crippen LogP contribution in [0, 0.1) is 10.8 Å². The smallest absolute Gasteiger partial charge is 0.0481 e.